The van der Waals surface area contributed by atoms with Crippen molar-refractivity contribution < 1.29 is 27.7 Å². The van der Waals surface area contributed by atoms with E-state index < -0.39 is 38.9 Å². The lowest BCUT2D eigenvalue weighted by atomic mass is 9.93. The van der Waals surface area contributed by atoms with Gasteiger partial charge in [-0.15, -0.1) is 0 Å². The highest BCUT2D eigenvalue weighted by Crippen LogP contribution is 2.39. The Bertz CT molecular complexity index is 1530. The number of non-ortho nitro benzene ring substituents is 1. The number of ether oxygens (including phenoxy) is 1. The van der Waals surface area contributed by atoms with E-state index >= 15 is 0 Å². The minimum absolute atomic E-state index is 0.0763. The Morgan fingerprint density at radius 1 is 1.05 bits per heavy atom. The third-order valence-corrected chi connectivity index (χ3v) is 8.27. The van der Waals surface area contributed by atoms with E-state index in [1.165, 1.54) is 18.0 Å². The van der Waals surface area contributed by atoms with E-state index in [-0.39, 0.29) is 23.6 Å². The molecule has 0 bridgehead atoms. The number of esters is 1. The molecule has 39 heavy (non-hydrogen) atoms. The Kier molecular flexibility index (Phi) is 8.58. The van der Waals surface area contributed by atoms with E-state index in [1.807, 2.05) is 42.5 Å². The van der Waals surface area contributed by atoms with Gasteiger partial charge in [0.25, 0.3) is 5.69 Å². The molecular formula is C27H24BrN3O7S. The average molecular weight is 614 g/mol. The summed E-state index contributed by atoms with van der Waals surface area (Å²) in [5.41, 5.74) is 2.05. The maximum atomic E-state index is 13.6. The molecular weight excluding hydrogens is 590 g/mol. The largest absolute Gasteiger partial charge is 0.461 e. The fraction of sp³-hybridized carbons (Fsp3) is 0.185. The van der Waals surface area contributed by atoms with Gasteiger partial charge in [-0.25, -0.2) is 8.42 Å². The summed E-state index contributed by atoms with van der Waals surface area (Å²) in [6.07, 6.45) is 1.37. The zero-order chi connectivity index (χ0) is 28.2. The molecule has 1 heterocycles. The Hall–Kier alpha value is -3.87. The lowest BCUT2D eigenvalue weighted by molar-refractivity contribution is -0.384. The predicted molar refractivity (Wildman–Crippen MR) is 147 cm³/mol. The summed E-state index contributed by atoms with van der Waals surface area (Å²) in [4.78, 5) is 37.8. The van der Waals surface area contributed by atoms with Crippen LogP contribution in [0, 0.1) is 10.1 Å². The van der Waals surface area contributed by atoms with Gasteiger partial charge < -0.3 is 9.64 Å². The van der Waals surface area contributed by atoms with Crippen molar-refractivity contribution in [2.75, 3.05) is 0 Å². The normalized spacial score (nSPS) is 15.6. The van der Waals surface area contributed by atoms with E-state index in [1.54, 1.807) is 12.1 Å². The second-order valence-electron chi connectivity index (χ2n) is 8.77. The van der Waals surface area contributed by atoms with Crippen LogP contribution in [0.1, 0.15) is 36.1 Å². The number of rotatable bonds is 9. The molecule has 12 heteroatoms. The third-order valence-electron chi connectivity index (χ3n) is 6.08. The summed E-state index contributed by atoms with van der Waals surface area (Å²) in [6, 6.07) is 18.8. The van der Waals surface area contributed by atoms with Crippen LogP contribution in [0.3, 0.4) is 0 Å². The number of hydrogen-bond acceptors (Lipinski definition) is 7. The van der Waals surface area contributed by atoms with Crippen LogP contribution >= 0.6 is 15.9 Å². The van der Waals surface area contributed by atoms with Crippen molar-refractivity contribution in [3.63, 3.8) is 0 Å². The van der Waals surface area contributed by atoms with E-state index in [2.05, 4.69) is 20.7 Å². The summed E-state index contributed by atoms with van der Waals surface area (Å²) in [6.45, 7) is 1.46. The van der Waals surface area contributed by atoms with Crippen molar-refractivity contribution in [1.29, 1.82) is 0 Å². The summed E-state index contributed by atoms with van der Waals surface area (Å²) in [5.74, 6) is -1.13. The Labute approximate surface area is 233 Å². The molecule has 0 radical (unpaired) electrons. The lowest BCUT2D eigenvalue weighted by Crippen LogP contribution is -2.47. The number of carbonyl (C=O) groups excluding carboxylic acids is 2. The lowest BCUT2D eigenvalue weighted by Gasteiger charge is -2.35. The minimum Gasteiger partial charge on any atom is -0.461 e. The first-order chi connectivity index (χ1) is 18.6. The molecule has 3 aromatic rings. The molecule has 1 amide bonds. The molecule has 0 spiro atoms. The van der Waals surface area contributed by atoms with Gasteiger partial charge in [0.1, 0.15) is 6.61 Å². The Morgan fingerprint density at radius 3 is 2.36 bits per heavy atom. The summed E-state index contributed by atoms with van der Waals surface area (Å²) < 4.78 is 34.2. The van der Waals surface area contributed by atoms with Crippen LogP contribution in [0.4, 0.5) is 5.69 Å². The highest BCUT2D eigenvalue weighted by atomic mass is 79.9. The smallest absolute Gasteiger partial charge is 0.308 e. The average Bonchev–Trinajstić information content (AvgIpc) is 2.93. The number of sulfonamides is 1. The van der Waals surface area contributed by atoms with Crippen molar-refractivity contribution in [3.05, 3.63) is 112 Å². The van der Waals surface area contributed by atoms with Gasteiger partial charge in [0.05, 0.1) is 28.3 Å². The van der Waals surface area contributed by atoms with Crippen LogP contribution in [0.25, 0.3) is 4.48 Å². The number of hydrogen-bond donors (Lipinski definition) is 1. The monoisotopic (exact) mass is 613 g/mol. The van der Waals surface area contributed by atoms with Gasteiger partial charge in [0.15, 0.2) is 0 Å². The zero-order valence-electron chi connectivity index (χ0n) is 20.7. The third kappa shape index (κ3) is 6.59. The number of halogens is 1. The first-order valence-corrected chi connectivity index (χ1v) is 14.1. The number of fused-ring (bicyclic) bond motifs is 1. The van der Waals surface area contributed by atoms with Crippen molar-refractivity contribution in [2.24, 2.45) is 0 Å². The number of nitro benzene ring substituents is 1. The van der Waals surface area contributed by atoms with Gasteiger partial charge in [-0.1, -0.05) is 54.6 Å². The first kappa shape index (κ1) is 28.1. The van der Waals surface area contributed by atoms with Crippen molar-refractivity contribution in [2.45, 2.75) is 36.9 Å². The van der Waals surface area contributed by atoms with Crippen molar-refractivity contribution in [1.82, 2.24) is 9.62 Å². The molecule has 0 fully saturated rings. The molecule has 1 N–H and O–H groups in total. The minimum atomic E-state index is -4.18. The van der Waals surface area contributed by atoms with Gasteiger partial charge in [-0.05, 0) is 51.7 Å². The van der Waals surface area contributed by atoms with E-state index in [0.717, 1.165) is 35.4 Å². The number of nitro groups is 1. The van der Waals surface area contributed by atoms with Gasteiger partial charge >= 0.3 is 5.97 Å². The maximum Gasteiger partial charge on any atom is 0.308 e. The van der Waals surface area contributed by atoms with Crippen molar-refractivity contribution >= 4 is 48.0 Å². The fourth-order valence-corrected chi connectivity index (χ4v) is 5.92. The maximum absolute atomic E-state index is 13.6. The number of carbonyl (C=O) groups is 2. The molecule has 2 atom stereocenters. The number of nitrogens with one attached hydrogen (secondary N) is 1. The Balaban J connectivity index is 1.54. The fourth-order valence-electron chi connectivity index (χ4n) is 4.14. The van der Waals surface area contributed by atoms with Gasteiger partial charge in [-0.3, -0.25) is 19.7 Å². The quantitative estimate of drug-likeness (QED) is 0.210. The summed E-state index contributed by atoms with van der Waals surface area (Å²) in [7, 11) is -4.18. The topological polar surface area (TPSA) is 136 Å². The number of nitrogens with zero attached hydrogens (tertiary/aromatic N) is 2. The second-order valence-corrected chi connectivity index (χ2v) is 11.3. The molecule has 10 nitrogen and oxygen atoms in total. The summed E-state index contributed by atoms with van der Waals surface area (Å²) >= 11 is 3.47. The van der Waals surface area contributed by atoms with Gasteiger partial charge in [-0.2, -0.15) is 4.72 Å². The van der Waals surface area contributed by atoms with Crippen LogP contribution in [-0.2, 0) is 31.0 Å². The van der Waals surface area contributed by atoms with Gasteiger partial charge in [0, 0.05) is 22.8 Å². The zero-order valence-corrected chi connectivity index (χ0v) is 23.1. The molecule has 3 aromatic carbocycles. The molecule has 0 aliphatic carbocycles. The van der Waals surface area contributed by atoms with Crippen LogP contribution in [0.15, 0.2) is 90.0 Å². The highest BCUT2D eigenvalue weighted by molar-refractivity contribution is 9.15. The molecule has 1 aliphatic rings. The molecule has 0 saturated heterocycles. The van der Waals surface area contributed by atoms with Crippen LogP contribution in [0.5, 0.6) is 0 Å². The van der Waals surface area contributed by atoms with Crippen molar-refractivity contribution in [3.8, 4) is 0 Å². The van der Waals surface area contributed by atoms with E-state index in [4.69, 9.17) is 4.74 Å². The predicted octanol–water partition coefficient (Wildman–Crippen LogP) is 4.67. The molecule has 1 aliphatic heterocycles. The molecule has 0 saturated carbocycles. The van der Waals surface area contributed by atoms with Gasteiger partial charge in [0.2, 0.25) is 15.9 Å². The number of amides is 1. The van der Waals surface area contributed by atoms with Crippen LogP contribution in [-0.4, -0.2) is 36.2 Å². The molecule has 202 valence electrons. The standard InChI is InChI=1S/C27H24BrN3O7S/c1-18(29-39(36,37)21-13-11-20(12-14-21)31(34)35)27(33)30-16-24(28)22-9-5-6-10-23(22)25(30)15-26(32)38-17-19-7-3-2-4-8-19/h2-14,16,18,25,29H,15,17H2,1H3. The summed E-state index contributed by atoms with van der Waals surface area (Å²) in [5, 5.41) is 10.9. The van der Waals surface area contributed by atoms with E-state index in [0.29, 0.717) is 10.0 Å². The molecule has 4 rings (SSSR count). The molecule has 0 aromatic heterocycles. The Morgan fingerprint density at radius 2 is 1.69 bits per heavy atom. The van der Waals surface area contributed by atoms with Crippen LogP contribution < -0.4 is 4.72 Å². The SMILES string of the molecule is CC(NS(=O)(=O)c1ccc([N+](=O)[O-])cc1)C(=O)N1C=C(Br)c2ccccc2C1CC(=O)OCc1ccccc1. The number of benzene rings is 3. The van der Waals surface area contributed by atoms with Crippen LogP contribution in [0.2, 0.25) is 0 Å². The highest BCUT2D eigenvalue weighted by Gasteiger charge is 2.35. The first-order valence-electron chi connectivity index (χ1n) is 11.8. The molecule has 2 unspecified atom stereocenters. The second kappa shape index (κ2) is 11.9. The van der Waals surface area contributed by atoms with E-state index in [9.17, 15) is 28.1 Å².